The topological polar surface area (TPSA) is 55.4 Å². The smallest absolute Gasteiger partial charge is 0.331 e. The summed E-state index contributed by atoms with van der Waals surface area (Å²) in [6.45, 7) is 0. The average Bonchev–Trinajstić information content (AvgIpc) is 2.63. The number of hydrogen-bond acceptors (Lipinski definition) is 3. The van der Waals surface area contributed by atoms with Crippen LogP contribution in [0.3, 0.4) is 0 Å². The van der Waals surface area contributed by atoms with Crippen molar-refractivity contribution in [3.05, 3.63) is 0 Å². The first-order valence-corrected chi connectivity index (χ1v) is 6.08. The highest BCUT2D eigenvalue weighted by molar-refractivity contribution is 5.89. The Kier molecular flexibility index (Phi) is 3.17. The molecule has 0 saturated heterocycles. The van der Waals surface area contributed by atoms with Crippen molar-refractivity contribution < 1.29 is 14.3 Å². The van der Waals surface area contributed by atoms with Crippen LogP contribution in [0.4, 0.5) is 0 Å². The molecule has 90 valence electrons. The minimum atomic E-state index is -0.721. The molecule has 0 radical (unpaired) electrons. The molecule has 0 aliphatic heterocycles. The van der Waals surface area contributed by atoms with Crippen LogP contribution in [0.1, 0.15) is 44.9 Å². The maximum Gasteiger partial charge on any atom is 0.331 e. The van der Waals surface area contributed by atoms with E-state index in [1.807, 2.05) is 0 Å². The lowest BCUT2D eigenvalue weighted by Gasteiger charge is -2.32. The van der Waals surface area contributed by atoms with Crippen LogP contribution < -0.4 is 5.32 Å². The lowest BCUT2D eigenvalue weighted by atomic mass is 9.83. The van der Waals surface area contributed by atoms with E-state index in [9.17, 15) is 9.59 Å². The maximum absolute atomic E-state index is 11.9. The molecular formula is C12H19NO3. The number of carbonyl (C=O) groups is 2. The molecule has 0 atom stereocenters. The second-order valence-electron chi connectivity index (χ2n) is 4.90. The van der Waals surface area contributed by atoms with Crippen molar-refractivity contribution in [1.82, 2.24) is 5.32 Å². The Morgan fingerprint density at radius 1 is 1.19 bits per heavy atom. The molecule has 1 amide bonds. The zero-order chi connectivity index (χ0) is 11.6. The van der Waals surface area contributed by atoms with E-state index in [2.05, 4.69) is 5.32 Å². The van der Waals surface area contributed by atoms with Crippen LogP contribution in [0.5, 0.6) is 0 Å². The highest BCUT2D eigenvalue weighted by atomic mass is 16.5. The third kappa shape index (κ3) is 1.93. The predicted octanol–water partition coefficient (Wildman–Crippen LogP) is 1.39. The van der Waals surface area contributed by atoms with Gasteiger partial charge in [0.15, 0.2) is 0 Å². The zero-order valence-electron chi connectivity index (χ0n) is 9.75. The Morgan fingerprint density at radius 2 is 1.81 bits per heavy atom. The number of amides is 1. The Balaban J connectivity index is 2.01. The molecule has 0 heterocycles. The van der Waals surface area contributed by atoms with E-state index in [0.29, 0.717) is 0 Å². The molecule has 2 rings (SSSR count). The molecule has 0 aromatic heterocycles. The summed E-state index contributed by atoms with van der Waals surface area (Å²) >= 11 is 0. The molecule has 0 aromatic rings. The van der Waals surface area contributed by atoms with Gasteiger partial charge in [0.2, 0.25) is 5.91 Å². The average molecular weight is 225 g/mol. The van der Waals surface area contributed by atoms with Crippen molar-refractivity contribution in [2.75, 3.05) is 7.11 Å². The molecule has 4 heteroatoms. The molecule has 2 aliphatic rings. The van der Waals surface area contributed by atoms with E-state index in [1.165, 1.54) is 7.11 Å². The van der Waals surface area contributed by atoms with E-state index in [0.717, 1.165) is 44.9 Å². The number of hydrogen-bond donors (Lipinski definition) is 1. The van der Waals surface area contributed by atoms with Gasteiger partial charge in [-0.1, -0.05) is 19.3 Å². The molecule has 16 heavy (non-hydrogen) atoms. The summed E-state index contributed by atoms with van der Waals surface area (Å²) in [5, 5.41) is 2.93. The van der Waals surface area contributed by atoms with Gasteiger partial charge in [-0.2, -0.15) is 0 Å². The number of esters is 1. The van der Waals surface area contributed by atoms with Crippen LogP contribution in [0.2, 0.25) is 0 Å². The van der Waals surface area contributed by atoms with Gasteiger partial charge >= 0.3 is 5.97 Å². The van der Waals surface area contributed by atoms with Crippen molar-refractivity contribution in [1.29, 1.82) is 0 Å². The fourth-order valence-corrected chi connectivity index (χ4v) is 2.56. The molecule has 0 unspecified atom stereocenters. The Morgan fingerprint density at radius 3 is 2.25 bits per heavy atom. The standard InChI is InChI=1S/C12H19NO3/c1-16-11(15)12(7-2-3-8-12)13-10(14)9-5-4-6-9/h9H,2-8H2,1H3,(H,13,14). The quantitative estimate of drug-likeness (QED) is 0.738. The molecular weight excluding hydrogens is 206 g/mol. The second kappa shape index (κ2) is 4.44. The van der Waals surface area contributed by atoms with Crippen LogP contribution in [0, 0.1) is 5.92 Å². The molecule has 0 spiro atoms. The zero-order valence-corrected chi connectivity index (χ0v) is 9.75. The molecule has 0 bridgehead atoms. The van der Waals surface area contributed by atoms with Gasteiger partial charge in [0.05, 0.1) is 7.11 Å². The van der Waals surface area contributed by atoms with Crippen molar-refractivity contribution in [3.8, 4) is 0 Å². The van der Waals surface area contributed by atoms with Gasteiger partial charge in [-0.25, -0.2) is 4.79 Å². The van der Waals surface area contributed by atoms with Crippen molar-refractivity contribution in [2.45, 2.75) is 50.5 Å². The van der Waals surface area contributed by atoms with Gasteiger partial charge in [0.1, 0.15) is 5.54 Å². The maximum atomic E-state index is 11.9. The first-order chi connectivity index (χ1) is 7.68. The highest BCUT2D eigenvalue weighted by Crippen LogP contribution is 2.33. The summed E-state index contributed by atoms with van der Waals surface area (Å²) in [4.78, 5) is 23.7. The van der Waals surface area contributed by atoms with Crippen LogP contribution in [0.15, 0.2) is 0 Å². The summed E-state index contributed by atoms with van der Waals surface area (Å²) in [5.74, 6) is -0.113. The monoisotopic (exact) mass is 225 g/mol. The van der Waals surface area contributed by atoms with Crippen molar-refractivity contribution in [2.24, 2.45) is 5.92 Å². The van der Waals surface area contributed by atoms with E-state index in [4.69, 9.17) is 4.74 Å². The van der Waals surface area contributed by atoms with E-state index >= 15 is 0 Å². The Labute approximate surface area is 95.7 Å². The summed E-state index contributed by atoms with van der Waals surface area (Å²) in [6, 6.07) is 0. The minimum absolute atomic E-state index is 0.0403. The van der Waals surface area contributed by atoms with E-state index in [-0.39, 0.29) is 17.8 Å². The van der Waals surface area contributed by atoms with Crippen LogP contribution in [-0.2, 0) is 14.3 Å². The lowest BCUT2D eigenvalue weighted by Crippen LogP contribution is -2.55. The second-order valence-corrected chi connectivity index (χ2v) is 4.90. The largest absolute Gasteiger partial charge is 0.467 e. The Bertz CT molecular complexity index is 291. The van der Waals surface area contributed by atoms with Crippen molar-refractivity contribution >= 4 is 11.9 Å². The fourth-order valence-electron chi connectivity index (χ4n) is 2.56. The van der Waals surface area contributed by atoms with Crippen LogP contribution in [0.25, 0.3) is 0 Å². The summed E-state index contributed by atoms with van der Waals surface area (Å²) < 4.78 is 4.82. The summed E-state index contributed by atoms with van der Waals surface area (Å²) in [5.41, 5.74) is -0.721. The Hall–Kier alpha value is -1.06. The van der Waals surface area contributed by atoms with Crippen molar-refractivity contribution in [3.63, 3.8) is 0 Å². The highest BCUT2D eigenvalue weighted by Gasteiger charge is 2.44. The lowest BCUT2D eigenvalue weighted by molar-refractivity contribution is -0.151. The van der Waals surface area contributed by atoms with Gasteiger partial charge < -0.3 is 10.1 Å². The third-order valence-corrected chi connectivity index (χ3v) is 3.87. The molecule has 2 saturated carbocycles. The van der Waals surface area contributed by atoms with Gasteiger partial charge in [0, 0.05) is 5.92 Å². The minimum Gasteiger partial charge on any atom is -0.467 e. The van der Waals surface area contributed by atoms with E-state index < -0.39 is 5.54 Å². The SMILES string of the molecule is COC(=O)C1(NC(=O)C2CCC2)CCCC1. The van der Waals surface area contributed by atoms with Crippen LogP contribution in [-0.4, -0.2) is 24.5 Å². The normalized spacial score (nSPS) is 23.6. The van der Waals surface area contributed by atoms with Gasteiger partial charge in [0.25, 0.3) is 0 Å². The number of nitrogens with one attached hydrogen (secondary N) is 1. The number of rotatable bonds is 3. The third-order valence-electron chi connectivity index (χ3n) is 3.87. The summed E-state index contributed by atoms with van der Waals surface area (Å²) in [6.07, 6.45) is 6.46. The van der Waals surface area contributed by atoms with Gasteiger partial charge in [-0.3, -0.25) is 4.79 Å². The van der Waals surface area contributed by atoms with Gasteiger partial charge in [-0.15, -0.1) is 0 Å². The number of ether oxygens (including phenoxy) is 1. The predicted molar refractivity (Wildman–Crippen MR) is 58.7 cm³/mol. The molecule has 4 nitrogen and oxygen atoms in total. The summed E-state index contributed by atoms with van der Waals surface area (Å²) in [7, 11) is 1.39. The first-order valence-electron chi connectivity index (χ1n) is 6.08. The van der Waals surface area contributed by atoms with Crippen LogP contribution >= 0.6 is 0 Å². The number of methoxy groups -OCH3 is 1. The molecule has 0 aromatic carbocycles. The first kappa shape index (κ1) is 11.4. The molecule has 2 fully saturated rings. The van der Waals surface area contributed by atoms with E-state index in [1.54, 1.807) is 0 Å². The fraction of sp³-hybridized carbons (Fsp3) is 0.833. The number of carbonyl (C=O) groups excluding carboxylic acids is 2. The molecule has 1 N–H and O–H groups in total. The molecule has 2 aliphatic carbocycles. The van der Waals surface area contributed by atoms with Gasteiger partial charge in [-0.05, 0) is 25.7 Å².